The Morgan fingerprint density at radius 3 is 2.73 bits per heavy atom. The summed E-state index contributed by atoms with van der Waals surface area (Å²) in [6, 6.07) is 9.96. The third kappa shape index (κ3) is 3.33. The molecule has 3 heterocycles. The average molecular weight is 372 g/mol. The Kier molecular flexibility index (Phi) is 4.44. The highest BCUT2D eigenvalue weighted by Crippen LogP contribution is 2.28. The first-order chi connectivity index (χ1) is 12.6. The van der Waals surface area contributed by atoms with Crippen LogP contribution < -0.4 is 5.32 Å². The molecule has 1 N–H and O–H groups in total. The smallest absolute Gasteiger partial charge is 0.214 e. The van der Waals surface area contributed by atoms with Gasteiger partial charge in [-0.2, -0.15) is 0 Å². The predicted molar refractivity (Wildman–Crippen MR) is 97.9 cm³/mol. The number of aromatic nitrogens is 3. The fraction of sp³-hybridized carbons (Fsp3) is 0.222. The second kappa shape index (κ2) is 6.89. The van der Waals surface area contributed by atoms with Crippen LogP contribution in [0.2, 0.25) is 0 Å². The lowest BCUT2D eigenvalue weighted by molar-refractivity contribution is 0.178. The predicted octanol–water partition coefficient (Wildman–Crippen LogP) is 4.30. The molecule has 4 aromatic rings. The Morgan fingerprint density at radius 2 is 2.08 bits per heavy atom. The number of anilines is 1. The van der Waals surface area contributed by atoms with Crippen LogP contribution in [0.4, 0.5) is 9.52 Å². The maximum absolute atomic E-state index is 13.1. The normalized spacial score (nSPS) is 12.6. The number of ether oxygens (including phenoxy) is 1. The van der Waals surface area contributed by atoms with E-state index >= 15 is 0 Å². The molecular weight excluding hydrogens is 355 g/mol. The van der Waals surface area contributed by atoms with E-state index < -0.39 is 0 Å². The average Bonchev–Trinajstić information content (AvgIpc) is 3.30. The molecule has 0 aliphatic carbocycles. The molecule has 1 unspecified atom stereocenters. The number of methoxy groups -OCH3 is 1. The number of fused-ring (bicyclic) bond motifs is 1. The van der Waals surface area contributed by atoms with Gasteiger partial charge in [0, 0.05) is 12.7 Å². The zero-order valence-electron chi connectivity index (χ0n) is 14.3. The van der Waals surface area contributed by atoms with Gasteiger partial charge in [0.1, 0.15) is 23.4 Å². The standard InChI is InChI=1S/C18H17FN4O2S/c1-11-3-8-16(25-11)15(10-24-2)20-17-22-23-9-14(21-18(23)26-17)12-4-6-13(19)7-5-12/h3-9,15H,10H2,1-2H3,(H,20,22). The lowest BCUT2D eigenvalue weighted by Gasteiger charge is -2.14. The van der Waals surface area contributed by atoms with E-state index in [1.54, 1.807) is 23.8 Å². The number of rotatable bonds is 6. The monoisotopic (exact) mass is 372 g/mol. The lowest BCUT2D eigenvalue weighted by Crippen LogP contribution is -2.15. The summed E-state index contributed by atoms with van der Waals surface area (Å²) in [7, 11) is 1.65. The third-order valence-electron chi connectivity index (χ3n) is 3.92. The summed E-state index contributed by atoms with van der Waals surface area (Å²) in [5.41, 5.74) is 1.60. The zero-order chi connectivity index (χ0) is 18.1. The zero-order valence-corrected chi connectivity index (χ0v) is 15.1. The number of furan rings is 1. The van der Waals surface area contributed by atoms with Gasteiger partial charge >= 0.3 is 0 Å². The second-order valence-electron chi connectivity index (χ2n) is 5.87. The quantitative estimate of drug-likeness (QED) is 0.547. The van der Waals surface area contributed by atoms with Crippen molar-refractivity contribution in [1.29, 1.82) is 0 Å². The largest absolute Gasteiger partial charge is 0.464 e. The van der Waals surface area contributed by atoms with Gasteiger partial charge in [0.05, 0.1) is 18.5 Å². The van der Waals surface area contributed by atoms with Crippen molar-refractivity contribution >= 4 is 21.4 Å². The Labute approximate surface area is 153 Å². The molecule has 6 nitrogen and oxygen atoms in total. The van der Waals surface area contributed by atoms with Crippen LogP contribution in [-0.2, 0) is 4.74 Å². The summed E-state index contributed by atoms with van der Waals surface area (Å²) >= 11 is 1.43. The number of halogens is 1. The van der Waals surface area contributed by atoms with E-state index in [-0.39, 0.29) is 11.9 Å². The molecule has 1 atom stereocenters. The summed E-state index contributed by atoms with van der Waals surface area (Å²) in [6.07, 6.45) is 1.83. The minimum Gasteiger partial charge on any atom is -0.464 e. The van der Waals surface area contributed by atoms with Gasteiger partial charge in [0.15, 0.2) is 0 Å². The molecule has 26 heavy (non-hydrogen) atoms. The van der Waals surface area contributed by atoms with Gasteiger partial charge in [0.2, 0.25) is 10.1 Å². The van der Waals surface area contributed by atoms with E-state index in [0.29, 0.717) is 11.7 Å². The van der Waals surface area contributed by atoms with Crippen molar-refractivity contribution < 1.29 is 13.5 Å². The summed E-state index contributed by atoms with van der Waals surface area (Å²) in [5, 5.41) is 8.57. The van der Waals surface area contributed by atoms with Crippen molar-refractivity contribution in [2.75, 3.05) is 19.0 Å². The van der Waals surface area contributed by atoms with Crippen LogP contribution in [0.3, 0.4) is 0 Å². The first-order valence-corrected chi connectivity index (χ1v) is 8.88. The van der Waals surface area contributed by atoms with Crippen LogP contribution in [0.5, 0.6) is 0 Å². The fourth-order valence-electron chi connectivity index (χ4n) is 2.67. The van der Waals surface area contributed by atoms with Crippen molar-refractivity contribution in [3.8, 4) is 11.3 Å². The van der Waals surface area contributed by atoms with Crippen LogP contribution in [0.15, 0.2) is 47.0 Å². The molecule has 0 spiro atoms. The molecule has 8 heteroatoms. The number of benzene rings is 1. The number of hydrogen-bond acceptors (Lipinski definition) is 6. The van der Waals surface area contributed by atoms with E-state index in [4.69, 9.17) is 9.15 Å². The van der Waals surface area contributed by atoms with Crippen LogP contribution in [-0.4, -0.2) is 28.3 Å². The van der Waals surface area contributed by atoms with E-state index in [2.05, 4.69) is 15.4 Å². The molecule has 3 aromatic heterocycles. The molecule has 0 amide bonds. The summed E-state index contributed by atoms with van der Waals surface area (Å²) in [5.74, 6) is 1.38. The molecule has 0 saturated heterocycles. The molecular formula is C18H17FN4O2S. The molecule has 0 aliphatic rings. The van der Waals surface area contributed by atoms with E-state index in [9.17, 15) is 4.39 Å². The van der Waals surface area contributed by atoms with Crippen molar-refractivity contribution in [3.63, 3.8) is 0 Å². The summed E-state index contributed by atoms with van der Waals surface area (Å²) in [6.45, 7) is 2.36. The molecule has 4 rings (SSSR count). The van der Waals surface area contributed by atoms with Gasteiger partial charge in [-0.15, -0.1) is 5.10 Å². The number of hydrogen-bond donors (Lipinski definition) is 1. The highest BCUT2D eigenvalue weighted by molar-refractivity contribution is 7.20. The molecule has 0 radical (unpaired) electrons. The topological polar surface area (TPSA) is 64.6 Å². The summed E-state index contributed by atoms with van der Waals surface area (Å²) < 4.78 is 25.8. The van der Waals surface area contributed by atoms with Crippen molar-refractivity contribution in [1.82, 2.24) is 14.6 Å². The van der Waals surface area contributed by atoms with Crippen molar-refractivity contribution in [3.05, 3.63) is 59.9 Å². The van der Waals surface area contributed by atoms with Crippen molar-refractivity contribution in [2.24, 2.45) is 0 Å². The fourth-order valence-corrected chi connectivity index (χ4v) is 3.50. The van der Waals surface area contributed by atoms with Gasteiger partial charge in [-0.3, -0.25) is 0 Å². The number of nitrogens with one attached hydrogen (secondary N) is 1. The van der Waals surface area contributed by atoms with E-state index in [0.717, 1.165) is 27.7 Å². The van der Waals surface area contributed by atoms with E-state index in [1.165, 1.54) is 23.5 Å². The van der Waals surface area contributed by atoms with Crippen molar-refractivity contribution in [2.45, 2.75) is 13.0 Å². The highest BCUT2D eigenvalue weighted by atomic mass is 32.1. The first kappa shape index (κ1) is 16.7. The Balaban J connectivity index is 1.57. The Morgan fingerprint density at radius 1 is 1.27 bits per heavy atom. The Hall–Kier alpha value is -2.71. The molecule has 1 aromatic carbocycles. The maximum Gasteiger partial charge on any atom is 0.214 e. The van der Waals surface area contributed by atoms with Gasteiger partial charge in [-0.05, 0) is 43.3 Å². The third-order valence-corrected chi connectivity index (χ3v) is 4.77. The molecule has 134 valence electrons. The number of aryl methyl sites for hydroxylation is 1. The minimum atomic E-state index is -0.267. The van der Waals surface area contributed by atoms with Crippen LogP contribution in [0.1, 0.15) is 17.6 Å². The van der Waals surface area contributed by atoms with Gasteiger partial charge < -0.3 is 14.5 Å². The molecule has 0 saturated carbocycles. The highest BCUT2D eigenvalue weighted by Gasteiger charge is 2.18. The van der Waals surface area contributed by atoms with Gasteiger partial charge in [-0.1, -0.05) is 11.3 Å². The summed E-state index contributed by atoms with van der Waals surface area (Å²) in [4.78, 5) is 5.31. The van der Waals surface area contributed by atoms with Gasteiger partial charge in [-0.25, -0.2) is 13.9 Å². The number of nitrogens with zero attached hydrogens (tertiary/aromatic N) is 3. The van der Waals surface area contributed by atoms with Gasteiger partial charge in [0.25, 0.3) is 0 Å². The molecule has 0 bridgehead atoms. The lowest BCUT2D eigenvalue weighted by atomic mass is 10.2. The number of imidazole rings is 1. The van der Waals surface area contributed by atoms with Crippen LogP contribution in [0.25, 0.3) is 16.2 Å². The SMILES string of the molecule is COCC(Nc1nn2cc(-c3ccc(F)cc3)nc2s1)c1ccc(C)o1. The molecule has 0 fully saturated rings. The van der Waals surface area contributed by atoms with Crippen LogP contribution >= 0.6 is 11.3 Å². The Bertz CT molecular complexity index is 990. The molecule has 0 aliphatic heterocycles. The minimum absolute atomic E-state index is 0.138. The van der Waals surface area contributed by atoms with E-state index in [1.807, 2.05) is 25.3 Å². The first-order valence-electron chi connectivity index (χ1n) is 8.06. The second-order valence-corrected chi connectivity index (χ2v) is 6.82. The maximum atomic E-state index is 13.1. The van der Waals surface area contributed by atoms with Crippen LogP contribution in [0, 0.1) is 12.7 Å².